The molecule has 3 atom stereocenters. The number of nitrogens with zero attached hydrogens (tertiary/aromatic N) is 6. The maximum atomic E-state index is 5.06. The molecule has 0 saturated heterocycles. The van der Waals surface area contributed by atoms with Crippen LogP contribution in [-0.2, 0) is 6.42 Å². The van der Waals surface area contributed by atoms with Gasteiger partial charge in [0.25, 0.3) is 0 Å². The van der Waals surface area contributed by atoms with Crippen LogP contribution in [-0.4, -0.2) is 29.9 Å². The van der Waals surface area contributed by atoms with Crippen molar-refractivity contribution in [1.82, 2.24) is 29.9 Å². The first kappa shape index (κ1) is 27.8. The highest BCUT2D eigenvalue weighted by Crippen LogP contribution is 2.29. The number of hydrogen-bond acceptors (Lipinski definition) is 6. The first-order valence-electron chi connectivity index (χ1n) is 13.6. The van der Waals surface area contributed by atoms with Gasteiger partial charge in [0.05, 0.1) is 5.69 Å². The quantitative estimate of drug-likeness (QED) is 0.279. The van der Waals surface area contributed by atoms with Crippen molar-refractivity contribution in [3.63, 3.8) is 0 Å². The van der Waals surface area contributed by atoms with E-state index in [9.17, 15) is 0 Å². The molecule has 194 valence electrons. The van der Waals surface area contributed by atoms with Crippen molar-refractivity contribution in [1.29, 1.82) is 0 Å². The molecule has 0 saturated carbocycles. The molecule has 3 heterocycles. The molecule has 6 nitrogen and oxygen atoms in total. The van der Waals surface area contributed by atoms with Crippen molar-refractivity contribution in [3.05, 3.63) is 70.8 Å². The lowest BCUT2D eigenvalue weighted by molar-refractivity contribution is 0.540. The molecular weight excluding hydrogens is 444 g/mol. The van der Waals surface area contributed by atoms with E-state index in [-0.39, 0.29) is 5.92 Å². The van der Waals surface area contributed by atoms with E-state index >= 15 is 0 Å². The monoisotopic (exact) mass is 488 g/mol. The van der Waals surface area contributed by atoms with Gasteiger partial charge in [-0.15, -0.1) is 0 Å². The lowest BCUT2D eigenvalue weighted by atomic mass is 9.92. The van der Waals surface area contributed by atoms with Gasteiger partial charge in [0, 0.05) is 47.7 Å². The van der Waals surface area contributed by atoms with Crippen LogP contribution < -0.4 is 0 Å². The van der Waals surface area contributed by atoms with Crippen LogP contribution in [0.25, 0.3) is 0 Å². The van der Waals surface area contributed by atoms with Gasteiger partial charge in [0.2, 0.25) is 0 Å². The lowest BCUT2D eigenvalue weighted by Gasteiger charge is -2.19. The van der Waals surface area contributed by atoms with Crippen molar-refractivity contribution < 1.29 is 0 Å². The van der Waals surface area contributed by atoms with Crippen LogP contribution in [0.2, 0.25) is 0 Å². The van der Waals surface area contributed by atoms with Gasteiger partial charge in [-0.3, -0.25) is 0 Å². The maximum Gasteiger partial charge on any atom is 0.131 e. The summed E-state index contributed by atoms with van der Waals surface area (Å²) in [5, 5.41) is 0. The van der Waals surface area contributed by atoms with Gasteiger partial charge in [-0.25, -0.2) is 29.9 Å². The lowest BCUT2D eigenvalue weighted by Crippen LogP contribution is -2.13. The average molecular weight is 489 g/mol. The molecule has 36 heavy (non-hydrogen) atoms. The fourth-order valence-corrected chi connectivity index (χ4v) is 4.48. The van der Waals surface area contributed by atoms with Crippen molar-refractivity contribution in [2.45, 2.75) is 117 Å². The van der Waals surface area contributed by atoms with E-state index in [0.717, 1.165) is 53.7 Å². The highest BCUT2D eigenvalue weighted by Gasteiger charge is 2.20. The van der Waals surface area contributed by atoms with E-state index in [0.29, 0.717) is 29.6 Å². The Balaban J connectivity index is 1.77. The minimum Gasteiger partial charge on any atom is -0.245 e. The molecule has 0 aromatic carbocycles. The molecule has 0 aliphatic carbocycles. The van der Waals surface area contributed by atoms with Crippen LogP contribution in [0.1, 0.15) is 151 Å². The summed E-state index contributed by atoms with van der Waals surface area (Å²) in [4.78, 5) is 28.2. The van der Waals surface area contributed by atoms with Crippen LogP contribution >= 0.6 is 0 Å². The summed E-state index contributed by atoms with van der Waals surface area (Å²) in [6.45, 7) is 19.9. The molecule has 3 aromatic heterocycles. The summed E-state index contributed by atoms with van der Waals surface area (Å²) in [5.74, 6) is 3.86. The third kappa shape index (κ3) is 7.14. The Kier molecular flexibility index (Phi) is 9.63. The molecule has 3 unspecified atom stereocenters. The molecule has 0 radical (unpaired) electrons. The van der Waals surface area contributed by atoms with Gasteiger partial charge >= 0.3 is 0 Å². The Morgan fingerprint density at radius 2 is 1.33 bits per heavy atom. The minimum atomic E-state index is 0.223. The molecular formula is C30H44N6. The molecule has 0 bridgehead atoms. The fraction of sp³-hybridized carbons (Fsp3) is 0.600. The molecule has 0 N–H and O–H groups in total. The highest BCUT2D eigenvalue weighted by molar-refractivity contribution is 5.25. The molecule has 3 rings (SSSR count). The van der Waals surface area contributed by atoms with Gasteiger partial charge in [0.15, 0.2) is 0 Å². The van der Waals surface area contributed by atoms with Gasteiger partial charge in [-0.05, 0) is 54.2 Å². The summed E-state index contributed by atoms with van der Waals surface area (Å²) < 4.78 is 0. The molecule has 0 fully saturated rings. The smallest absolute Gasteiger partial charge is 0.131 e. The standard InChI is InChI=1S/C30H44N6/c1-18(2)24-16-31-17-33-29(24)23(9)14-28-34-26(20(5)6)15-27(35-28)21(7)10-11-22(8)30-32-13-12-25(36-30)19(3)4/h12-13,15-23H,10-11,14H2,1-9H3. The summed E-state index contributed by atoms with van der Waals surface area (Å²) in [7, 11) is 0. The average Bonchev–Trinajstić information content (AvgIpc) is 2.86. The fourth-order valence-electron chi connectivity index (χ4n) is 4.48. The Morgan fingerprint density at radius 3 is 2.00 bits per heavy atom. The minimum absolute atomic E-state index is 0.223. The van der Waals surface area contributed by atoms with E-state index in [4.69, 9.17) is 15.0 Å². The van der Waals surface area contributed by atoms with E-state index in [1.165, 1.54) is 5.56 Å². The van der Waals surface area contributed by atoms with E-state index in [1.807, 2.05) is 18.5 Å². The zero-order chi connectivity index (χ0) is 26.4. The SMILES string of the molecule is CC(C)c1cc(C(C)CCC(C)c2nccc(C(C)C)n2)nc(CC(C)c2ncncc2C(C)C)n1. The summed E-state index contributed by atoms with van der Waals surface area (Å²) in [5.41, 5.74) is 5.66. The van der Waals surface area contributed by atoms with Gasteiger partial charge < -0.3 is 0 Å². The van der Waals surface area contributed by atoms with Crippen LogP contribution in [0.4, 0.5) is 0 Å². The molecule has 0 spiro atoms. The van der Waals surface area contributed by atoms with E-state index < -0.39 is 0 Å². The number of aromatic nitrogens is 6. The molecule has 0 aliphatic rings. The summed E-state index contributed by atoms with van der Waals surface area (Å²) >= 11 is 0. The Hall–Kier alpha value is -2.76. The first-order chi connectivity index (χ1) is 17.1. The van der Waals surface area contributed by atoms with Crippen LogP contribution in [0.15, 0.2) is 30.9 Å². The predicted octanol–water partition coefficient (Wildman–Crippen LogP) is 7.46. The number of hydrogen-bond donors (Lipinski definition) is 0. The predicted molar refractivity (Wildman–Crippen MR) is 147 cm³/mol. The second kappa shape index (κ2) is 12.5. The second-order valence-electron chi connectivity index (χ2n) is 11.3. The van der Waals surface area contributed by atoms with E-state index in [1.54, 1.807) is 6.33 Å². The maximum absolute atomic E-state index is 5.06. The van der Waals surface area contributed by atoms with Crippen LogP contribution in [0, 0.1) is 0 Å². The van der Waals surface area contributed by atoms with Crippen molar-refractivity contribution >= 4 is 0 Å². The third-order valence-corrected chi connectivity index (χ3v) is 7.02. The molecule has 6 heteroatoms. The first-order valence-corrected chi connectivity index (χ1v) is 13.6. The van der Waals surface area contributed by atoms with Gasteiger partial charge in [-0.1, -0.05) is 62.3 Å². The second-order valence-corrected chi connectivity index (χ2v) is 11.3. The zero-order valence-electron chi connectivity index (χ0n) is 23.7. The third-order valence-electron chi connectivity index (χ3n) is 7.02. The van der Waals surface area contributed by atoms with Crippen molar-refractivity contribution in [2.24, 2.45) is 0 Å². The molecule has 3 aromatic rings. The number of rotatable bonds is 11. The molecule has 0 aliphatic heterocycles. The van der Waals surface area contributed by atoms with Crippen molar-refractivity contribution in [2.75, 3.05) is 0 Å². The summed E-state index contributed by atoms with van der Waals surface area (Å²) in [6, 6.07) is 4.22. The van der Waals surface area contributed by atoms with Gasteiger partial charge in [0.1, 0.15) is 18.0 Å². The Labute approximate surface area is 217 Å². The largest absolute Gasteiger partial charge is 0.245 e. The summed E-state index contributed by atoms with van der Waals surface area (Å²) in [6.07, 6.45) is 8.32. The normalized spacial score (nSPS) is 14.4. The van der Waals surface area contributed by atoms with Crippen molar-refractivity contribution in [3.8, 4) is 0 Å². The van der Waals surface area contributed by atoms with Crippen LogP contribution in [0.5, 0.6) is 0 Å². The molecule has 0 amide bonds. The highest BCUT2D eigenvalue weighted by atomic mass is 14.9. The van der Waals surface area contributed by atoms with Crippen LogP contribution in [0.3, 0.4) is 0 Å². The Morgan fingerprint density at radius 1 is 0.667 bits per heavy atom. The van der Waals surface area contributed by atoms with Gasteiger partial charge in [-0.2, -0.15) is 0 Å². The van der Waals surface area contributed by atoms with E-state index in [2.05, 4.69) is 83.3 Å². The zero-order valence-corrected chi connectivity index (χ0v) is 23.7. The Bertz CT molecular complexity index is 1120. The topological polar surface area (TPSA) is 77.3 Å².